The Morgan fingerprint density at radius 1 is 1.28 bits per heavy atom. The van der Waals surface area contributed by atoms with Crippen LogP contribution in [0.1, 0.15) is 31.9 Å². The first-order chi connectivity index (χ1) is 8.21. The van der Waals surface area contributed by atoms with E-state index >= 15 is 0 Å². The third-order valence-corrected chi connectivity index (χ3v) is 3.12. The number of hydrogen-bond acceptors (Lipinski definition) is 2. The topological polar surface area (TPSA) is 46.3 Å². The summed E-state index contributed by atoms with van der Waals surface area (Å²) >= 11 is 0. The summed E-state index contributed by atoms with van der Waals surface area (Å²) in [5, 5.41) is 0. The van der Waals surface area contributed by atoms with Gasteiger partial charge in [-0.05, 0) is 17.9 Å². The summed E-state index contributed by atoms with van der Waals surface area (Å²) in [5.41, 5.74) is 8.12. The third-order valence-electron chi connectivity index (χ3n) is 3.12. The molecule has 0 fully saturated rings. The zero-order valence-corrected chi connectivity index (χ0v) is 12.0. The van der Waals surface area contributed by atoms with Gasteiger partial charge in [0.1, 0.15) is 0 Å². The normalized spacial score (nSPS) is 13.2. The van der Waals surface area contributed by atoms with Crippen molar-refractivity contribution in [1.82, 2.24) is 4.90 Å². The average Bonchev–Trinajstić information content (AvgIpc) is 2.29. The monoisotopic (exact) mass is 248 g/mol. The first kappa shape index (κ1) is 14.7. The lowest BCUT2D eigenvalue weighted by atomic mass is 9.86. The SMILES string of the molecule is Cc1ccc(CN(C)C(=O)C(N)C(C)(C)C)cc1. The Morgan fingerprint density at radius 3 is 2.22 bits per heavy atom. The van der Waals surface area contributed by atoms with Crippen LogP contribution in [0.15, 0.2) is 24.3 Å². The first-order valence-electron chi connectivity index (χ1n) is 6.28. The van der Waals surface area contributed by atoms with E-state index in [4.69, 9.17) is 5.73 Å². The minimum Gasteiger partial charge on any atom is -0.340 e. The Morgan fingerprint density at radius 2 is 1.78 bits per heavy atom. The van der Waals surface area contributed by atoms with Gasteiger partial charge in [0.15, 0.2) is 0 Å². The second-order valence-electron chi connectivity index (χ2n) is 6.02. The average molecular weight is 248 g/mol. The highest BCUT2D eigenvalue weighted by atomic mass is 16.2. The molecule has 1 rings (SSSR count). The van der Waals surface area contributed by atoms with Crippen molar-refractivity contribution in [1.29, 1.82) is 0 Å². The number of nitrogens with zero attached hydrogens (tertiary/aromatic N) is 1. The predicted molar refractivity (Wildman–Crippen MR) is 75.1 cm³/mol. The fourth-order valence-corrected chi connectivity index (χ4v) is 1.65. The van der Waals surface area contributed by atoms with Crippen molar-refractivity contribution < 1.29 is 4.79 Å². The molecule has 3 heteroatoms. The van der Waals surface area contributed by atoms with Gasteiger partial charge in [-0.1, -0.05) is 50.6 Å². The fourth-order valence-electron chi connectivity index (χ4n) is 1.65. The molecule has 3 nitrogen and oxygen atoms in total. The predicted octanol–water partition coefficient (Wildman–Crippen LogP) is 2.33. The van der Waals surface area contributed by atoms with Crippen LogP contribution < -0.4 is 5.73 Å². The molecule has 0 bridgehead atoms. The molecule has 0 aliphatic rings. The molecule has 0 aliphatic carbocycles. The van der Waals surface area contributed by atoms with Gasteiger partial charge < -0.3 is 10.6 Å². The molecule has 1 aromatic rings. The number of amides is 1. The second kappa shape index (κ2) is 5.53. The van der Waals surface area contributed by atoms with Crippen LogP contribution in [-0.2, 0) is 11.3 Å². The Kier molecular flexibility index (Phi) is 4.52. The van der Waals surface area contributed by atoms with Crippen molar-refractivity contribution in [3.05, 3.63) is 35.4 Å². The van der Waals surface area contributed by atoms with Gasteiger partial charge >= 0.3 is 0 Å². The highest BCUT2D eigenvalue weighted by molar-refractivity contribution is 5.82. The van der Waals surface area contributed by atoms with Crippen LogP contribution in [0, 0.1) is 12.3 Å². The van der Waals surface area contributed by atoms with E-state index < -0.39 is 6.04 Å². The summed E-state index contributed by atoms with van der Waals surface area (Å²) in [5.74, 6) is -0.0110. The minimum atomic E-state index is -0.465. The quantitative estimate of drug-likeness (QED) is 0.892. The number of benzene rings is 1. The molecule has 1 aromatic carbocycles. The number of nitrogens with two attached hydrogens (primary N) is 1. The van der Waals surface area contributed by atoms with Crippen LogP contribution in [-0.4, -0.2) is 23.9 Å². The Bertz CT molecular complexity index is 403. The summed E-state index contributed by atoms with van der Waals surface area (Å²) in [7, 11) is 1.80. The standard InChI is InChI=1S/C15H24N2O/c1-11-6-8-12(9-7-11)10-17(5)14(18)13(16)15(2,3)4/h6-9,13H,10,16H2,1-5H3. The van der Waals surface area contributed by atoms with Crippen molar-refractivity contribution in [3.63, 3.8) is 0 Å². The summed E-state index contributed by atoms with van der Waals surface area (Å²) in [6.45, 7) is 8.59. The van der Waals surface area contributed by atoms with E-state index in [1.54, 1.807) is 11.9 Å². The van der Waals surface area contributed by atoms with E-state index in [0.29, 0.717) is 6.54 Å². The van der Waals surface area contributed by atoms with Crippen molar-refractivity contribution in [3.8, 4) is 0 Å². The van der Waals surface area contributed by atoms with Crippen LogP contribution in [0.2, 0.25) is 0 Å². The maximum atomic E-state index is 12.2. The lowest BCUT2D eigenvalue weighted by Gasteiger charge is -2.30. The molecular formula is C15H24N2O. The molecule has 0 saturated heterocycles. The minimum absolute atomic E-state index is 0.0110. The number of hydrogen-bond donors (Lipinski definition) is 1. The summed E-state index contributed by atoms with van der Waals surface area (Å²) < 4.78 is 0. The van der Waals surface area contributed by atoms with E-state index in [9.17, 15) is 4.79 Å². The number of likely N-dealkylation sites (N-methyl/N-ethyl adjacent to an activating group) is 1. The van der Waals surface area contributed by atoms with Crippen LogP contribution in [0.3, 0.4) is 0 Å². The van der Waals surface area contributed by atoms with Gasteiger partial charge in [0.25, 0.3) is 0 Å². The molecule has 0 heterocycles. The smallest absolute Gasteiger partial charge is 0.240 e. The molecule has 1 unspecified atom stereocenters. The van der Waals surface area contributed by atoms with Gasteiger partial charge in [-0.15, -0.1) is 0 Å². The summed E-state index contributed by atoms with van der Waals surface area (Å²) in [6, 6.07) is 7.73. The van der Waals surface area contributed by atoms with Crippen molar-refractivity contribution in [2.45, 2.75) is 40.3 Å². The van der Waals surface area contributed by atoms with E-state index in [1.165, 1.54) is 5.56 Å². The van der Waals surface area contributed by atoms with Crippen LogP contribution in [0.5, 0.6) is 0 Å². The zero-order valence-electron chi connectivity index (χ0n) is 12.0. The van der Waals surface area contributed by atoms with Gasteiger partial charge in [0.2, 0.25) is 5.91 Å². The lowest BCUT2D eigenvalue weighted by molar-refractivity contribution is -0.134. The molecule has 100 valence electrons. The van der Waals surface area contributed by atoms with Crippen molar-refractivity contribution in [2.24, 2.45) is 11.1 Å². The fraction of sp³-hybridized carbons (Fsp3) is 0.533. The van der Waals surface area contributed by atoms with Gasteiger partial charge in [0, 0.05) is 13.6 Å². The van der Waals surface area contributed by atoms with Crippen LogP contribution in [0.4, 0.5) is 0 Å². The van der Waals surface area contributed by atoms with Gasteiger partial charge in [-0.3, -0.25) is 4.79 Å². The molecule has 0 saturated carbocycles. The first-order valence-corrected chi connectivity index (χ1v) is 6.28. The highest BCUT2D eigenvalue weighted by Crippen LogP contribution is 2.19. The van der Waals surface area contributed by atoms with Gasteiger partial charge in [-0.2, -0.15) is 0 Å². The Labute approximate surface area is 110 Å². The van der Waals surface area contributed by atoms with Crippen LogP contribution in [0.25, 0.3) is 0 Å². The molecule has 1 atom stereocenters. The van der Waals surface area contributed by atoms with E-state index in [-0.39, 0.29) is 11.3 Å². The van der Waals surface area contributed by atoms with Crippen LogP contribution >= 0.6 is 0 Å². The van der Waals surface area contributed by atoms with E-state index in [0.717, 1.165) is 5.56 Å². The summed E-state index contributed by atoms with van der Waals surface area (Å²) in [4.78, 5) is 13.9. The number of aryl methyl sites for hydroxylation is 1. The van der Waals surface area contributed by atoms with Gasteiger partial charge in [0.05, 0.1) is 6.04 Å². The van der Waals surface area contributed by atoms with Crippen molar-refractivity contribution >= 4 is 5.91 Å². The molecular weight excluding hydrogens is 224 g/mol. The van der Waals surface area contributed by atoms with Gasteiger partial charge in [-0.25, -0.2) is 0 Å². The molecule has 0 aliphatic heterocycles. The van der Waals surface area contributed by atoms with E-state index in [2.05, 4.69) is 12.1 Å². The molecule has 2 N–H and O–H groups in total. The Balaban J connectivity index is 2.68. The maximum absolute atomic E-state index is 12.2. The highest BCUT2D eigenvalue weighted by Gasteiger charge is 2.29. The van der Waals surface area contributed by atoms with Crippen molar-refractivity contribution in [2.75, 3.05) is 7.05 Å². The molecule has 18 heavy (non-hydrogen) atoms. The molecule has 0 spiro atoms. The third kappa shape index (κ3) is 3.84. The Hall–Kier alpha value is -1.35. The zero-order chi connectivity index (χ0) is 13.9. The van der Waals surface area contributed by atoms with E-state index in [1.807, 2.05) is 39.8 Å². The maximum Gasteiger partial charge on any atom is 0.240 e. The number of rotatable bonds is 3. The number of carbonyl (C=O) groups is 1. The lowest BCUT2D eigenvalue weighted by Crippen LogP contribution is -2.48. The molecule has 0 radical (unpaired) electrons. The molecule has 1 amide bonds. The molecule has 0 aromatic heterocycles. The second-order valence-corrected chi connectivity index (χ2v) is 6.02. The number of carbonyl (C=O) groups excluding carboxylic acids is 1. The summed E-state index contributed by atoms with van der Waals surface area (Å²) in [6.07, 6.45) is 0. The largest absolute Gasteiger partial charge is 0.340 e.